The van der Waals surface area contributed by atoms with Crippen LogP contribution in [0.3, 0.4) is 0 Å². The van der Waals surface area contributed by atoms with Crippen LogP contribution in [0.5, 0.6) is 0 Å². The van der Waals surface area contributed by atoms with Gasteiger partial charge in [-0.1, -0.05) is 56.6 Å². The van der Waals surface area contributed by atoms with Gasteiger partial charge in [0.1, 0.15) is 0 Å². The molecule has 0 aliphatic rings. The Morgan fingerprint density at radius 3 is 2.22 bits per heavy atom. The third-order valence-corrected chi connectivity index (χ3v) is 3.51. The highest BCUT2D eigenvalue weighted by Crippen LogP contribution is 2.23. The Morgan fingerprint density at radius 1 is 1.04 bits per heavy atom. The number of hydrazone groups is 1. The summed E-state index contributed by atoms with van der Waals surface area (Å²) in [5.74, 6) is 0. The Hall–Kier alpha value is -2.33. The summed E-state index contributed by atoms with van der Waals surface area (Å²) in [7, 11) is 0. The average Bonchev–Trinajstić information content (AvgIpc) is 2.49. The van der Waals surface area contributed by atoms with Crippen LogP contribution in [0.4, 0.5) is 10.5 Å². The lowest BCUT2D eigenvalue weighted by molar-refractivity contribution is 0.252. The molecule has 23 heavy (non-hydrogen) atoms. The lowest BCUT2D eigenvalue weighted by atomic mass is 9.87. The third kappa shape index (κ3) is 5.42. The van der Waals surface area contributed by atoms with Crippen molar-refractivity contribution < 1.29 is 4.79 Å². The molecule has 0 heterocycles. The van der Waals surface area contributed by atoms with E-state index in [9.17, 15) is 4.79 Å². The molecule has 0 aromatic heterocycles. The molecule has 2 N–H and O–H groups in total. The van der Waals surface area contributed by atoms with Crippen LogP contribution in [-0.2, 0) is 5.41 Å². The van der Waals surface area contributed by atoms with E-state index in [0.717, 1.165) is 11.3 Å². The van der Waals surface area contributed by atoms with Gasteiger partial charge < -0.3 is 5.32 Å². The second-order valence-corrected chi connectivity index (χ2v) is 6.64. The molecule has 2 amide bonds. The molecule has 5 heteroatoms. The summed E-state index contributed by atoms with van der Waals surface area (Å²) < 4.78 is 0. The van der Waals surface area contributed by atoms with E-state index in [4.69, 9.17) is 11.6 Å². The number of hydrogen-bond acceptors (Lipinski definition) is 2. The van der Waals surface area contributed by atoms with Crippen LogP contribution in [0.15, 0.2) is 53.6 Å². The average molecular weight is 330 g/mol. The van der Waals surface area contributed by atoms with Crippen molar-refractivity contribution in [3.63, 3.8) is 0 Å². The summed E-state index contributed by atoms with van der Waals surface area (Å²) >= 11 is 5.80. The van der Waals surface area contributed by atoms with E-state index in [2.05, 4.69) is 36.6 Å². The number of carbonyl (C=O) groups excluding carboxylic acids is 1. The van der Waals surface area contributed by atoms with Crippen molar-refractivity contribution >= 4 is 29.5 Å². The number of nitrogens with zero attached hydrogens (tertiary/aromatic N) is 1. The molecule has 0 spiro atoms. The third-order valence-electron chi connectivity index (χ3n) is 3.26. The van der Waals surface area contributed by atoms with Crippen LogP contribution in [-0.4, -0.2) is 12.2 Å². The number of benzene rings is 2. The molecule has 0 atom stereocenters. The molecular weight excluding hydrogens is 310 g/mol. The van der Waals surface area contributed by atoms with Gasteiger partial charge in [-0.05, 0) is 40.8 Å². The van der Waals surface area contributed by atoms with E-state index in [0.29, 0.717) is 5.02 Å². The number of halogens is 1. The van der Waals surface area contributed by atoms with Crippen molar-refractivity contribution in [2.75, 3.05) is 5.32 Å². The monoisotopic (exact) mass is 329 g/mol. The molecule has 0 saturated carbocycles. The van der Waals surface area contributed by atoms with Crippen LogP contribution in [0.25, 0.3) is 0 Å². The van der Waals surface area contributed by atoms with Gasteiger partial charge in [0.2, 0.25) is 0 Å². The van der Waals surface area contributed by atoms with Crippen molar-refractivity contribution in [2.45, 2.75) is 26.2 Å². The van der Waals surface area contributed by atoms with Gasteiger partial charge >= 0.3 is 6.03 Å². The molecule has 0 aliphatic carbocycles. The van der Waals surface area contributed by atoms with Crippen molar-refractivity contribution in [1.82, 2.24) is 5.43 Å². The Morgan fingerprint density at radius 2 is 1.65 bits per heavy atom. The fourth-order valence-electron chi connectivity index (χ4n) is 1.93. The van der Waals surface area contributed by atoms with E-state index >= 15 is 0 Å². The summed E-state index contributed by atoms with van der Waals surface area (Å²) in [6.07, 6.45) is 1.55. The number of nitrogens with one attached hydrogen (secondary N) is 2. The smallest absolute Gasteiger partial charge is 0.307 e. The fourth-order valence-corrected chi connectivity index (χ4v) is 2.05. The van der Waals surface area contributed by atoms with E-state index in [1.807, 2.05) is 36.4 Å². The number of anilines is 1. The number of carbonyl (C=O) groups is 1. The summed E-state index contributed by atoms with van der Waals surface area (Å²) in [5, 5.41) is 7.28. The highest BCUT2D eigenvalue weighted by atomic mass is 35.5. The molecule has 0 bridgehead atoms. The first-order valence-corrected chi connectivity index (χ1v) is 7.68. The lowest BCUT2D eigenvalue weighted by Gasteiger charge is -2.19. The van der Waals surface area contributed by atoms with Crippen LogP contribution in [0.1, 0.15) is 31.9 Å². The molecule has 2 aromatic rings. The Labute approximate surface area is 141 Å². The number of urea groups is 1. The minimum Gasteiger partial charge on any atom is -0.307 e. The van der Waals surface area contributed by atoms with Gasteiger partial charge in [-0.15, -0.1) is 0 Å². The van der Waals surface area contributed by atoms with E-state index in [1.54, 1.807) is 18.3 Å². The van der Waals surface area contributed by atoms with Gasteiger partial charge in [0.05, 0.1) is 6.21 Å². The van der Waals surface area contributed by atoms with Gasteiger partial charge in [-0.25, -0.2) is 10.2 Å². The summed E-state index contributed by atoms with van der Waals surface area (Å²) in [6, 6.07) is 14.5. The van der Waals surface area contributed by atoms with Crippen molar-refractivity contribution in [1.29, 1.82) is 0 Å². The van der Waals surface area contributed by atoms with Gasteiger partial charge in [0.15, 0.2) is 0 Å². The highest BCUT2D eigenvalue weighted by Gasteiger charge is 2.13. The molecule has 0 saturated heterocycles. The van der Waals surface area contributed by atoms with Gasteiger partial charge in [-0.2, -0.15) is 5.10 Å². The molecule has 2 rings (SSSR count). The van der Waals surface area contributed by atoms with Crippen molar-refractivity contribution in [3.8, 4) is 0 Å². The minimum atomic E-state index is -0.390. The lowest BCUT2D eigenvalue weighted by Crippen LogP contribution is -2.24. The second-order valence-electron chi connectivity index (χ2n) is 6.20. The van der Waals surface area contributed by atoms with Crippen LogP contribution < -0.4 is 10.7 Å². The number of amides is 2. The minimum absolute atomic E-state index is 0.0870. The molecule has 0 aliphatic heterocycles. The molecule has 0 fully saturated rings. The highest BCUT2D eigenvalue weighted by molar-refractivity contribution is 6.30. The van der Waals surface area contributed by atoms with Crippen molar-refractivity contribution in [2.24, 2.45) is 5.10 Å². The van der Waals surface area contributed by atoms with Crippen molar-refractivity contribution in [3.05, 3.63) is 64.7 Å². The predicted molar refractivity (Wildman–Crippen MR) is 96.3 cm³/mol. The van der Waals surface area contributed by atoms with E-state index < -0.39 is 6.03 Å². The molecule has 4 nitrogen and oxygen atoms in total. The fraction of sp³-hybridized carbons (Fsp3) is 0.222. The maximum atomic E-state index is 11.8. The zero-order valence-electron chi connectivity index (χ0n) is 13.4. The maximum Gasteiger partial charge on any atom is 0.339 e. The zero-order valence-corrected chi connectivity index (χ0v) is 14.2. The topological polar surface area (TPSA) is 53.5 Å². The van der Waals surface area contributed by atoms with E-state index in [1.165, 1.54) is 5.56 Å². The second kappa shape index (κ2) is 7.29. The molecular formula is C18H20ClN3O. The first-order valence-electron chi connectivity index (χ1n) is 7.31. The van der Waals surface area contributed by atoms with Crippen LogP contribution in [0.2, 0.25) is 5.02 Å². The Balaban J connectivity index is 1.88. The molecule has 0 unspecified atom stereocenters. The van der Waals surface area contributed by atoms with Crippen LogP contribution in [0, 0.1) is 0 Å². The number of rotatable bonds is 3. The van der Waals surface area contributed by atoms with E-state index in [-0.39, 0.29) is 5.41 Å². The Kier molecular flexibility index (Phi) is 5.40. The normalized spacial score (nSPS) is 11.5. The van der Waals surface area contributed by atoms with Gasteiger partial charge in [-0.3, -0.25) is 0 Å². The standard InChI is InChI=1S/C18H20ClN3O/c1-18(2,3)14-6-10-16(11-7-14)21-17(23)22-20-12-13-4-8-15(19)9-5-13/h4-12H,1-3H3,(H2,21,22,23). The number of hydrogen-bond donors (Lipinski definition) is 2. The summed E-state index contributed by atoms with van der Waals surface area (Å²) in [4.78, 5) is 11.8. The van der Waals surface area contributed by atoms with Gasteiger partial charge in [0, 0.05) is 10.7 Å². The SMILES string of the molecule is CC(C)(C)c1ccc(NC(=O)NN=Cc2ccc(Cl)cc2)cc1. The maximum absolute atomic E-state index is 11.8. The molecule has 120 valence electrons. The summed E-state index contributed by atoms with van der Waals surface area (Å²) in [5.41, 5.74) is 5.30. The largest absolute Gasteiger partial charge is 0.339 e. The predicted octanol–water partition coefficient (Wildman–Crippen LogP) is 4.79. The molecule has 0 radical (unpaired) electrons. The van der Waals surface area contributed by atoms with Gasteiger partial charge in [0.25, 0.3) is 0 Å². The first kappa shape index (κ1) is 17.0. The molecule has 2 aromatic carbocycles. The van der Waals surface area contributed by atoms with Crippen LogP contribution >= 0.6 is 11.6 Å². The summed E-state index contributed by atoms with van der Waals surface area (Å²) in [6.45, 7) is 6.44. The Bertz CT molecular complexity index is 686. The zero-order chi connectivity index (χ0) is 16.9. The first-order chi connectivity index (χ1) is 10.8. The quantitative estimate of drug-likeness (QED) is 0.617.